The molecule has 118 valence electrons. The number of halogens is 1. The molecule has 0 atom stereocenters. The molecular formula is C16H13BrN2O3S. The molecule has 7 heteroatoms. The number of aromatic nitrogens is 1. The third kappa shape index (κ3) is 3.16. The number of carbonyl (C=O) groups excluding carboxylic acids is 1. The molecule has 1 aromatic heterocycles. The average Bonchev–Trinajstić information content (AvgIpc) is 2.95. The Bertz CT molecular complexity index is 879. The molecule has 1 heterocycles. The lowest BCUT2D eigenvalue weighted by molar-refractivity contribution is 0.102. The molecule has 2 aromatic carbocycles. The highest BCUT2D eigenvalue weighted by Gasteiger charge is 2.17. The molecule has 0 aliphatic heterocycles. The van der Waals surface area contributed by atoms with Crippen LogP contribution >= 0.6 is 27.3 Å². The first-order valence-electron chi connectivity index (χ1n) is 6.71. The van der Waals surface area contributed by atoms with Crippen molar-refractivity contribution in [1.29, 1.82) is 0 Å². The number of carbonyl (C=O) groups is 1. The lowest BCUT2D eigenvalue weighted by Gasteiger charge is -2.11. The van der Waals surface area contributed by atoms with E-state index in [1.807, 2.05) is 18.2 Å². The lowest BCUT2D eigenvalue weighted by atomic mass is 10.1. The molecule has 3 aromatic rings. The van der Waals surface area contributed by atoms with E-state index in [4.69, 9.17) is 9.47 Å². The Morgan fingerprint density at radius 1 is 1.22 bits per heavy atom. The third-order valence-corrected chi connectivity index (χ3v) is 4.65. The van der Waals surface area contributed by atoms with E-state index < -0.39 is 0 Å². The van der Waals surface area contributed by atoms with Crippen LogP contribution in [-0.4, -0.2) is 25.1 Å². The van der Waals surface area contributed by atoms with Gasteiger partial charge in [0.15, 0.2) is 16.6 Å². The van der Waals surface area contributed by atoms with Gasteiger partial charge < -0.3 is 9.47 Å². The number of nitrogens with one attached hydrogen (secondary N) is 1. The summed E-state index contributed by atoms with van der Waals surface area (Å²) in [5.74, 6) is 0.614. The highest BCUT2D eigenvalue weighted by atomic mass is 79.9. The van der Waals surface area contributed by atoms with Crippen molar-refractivity contribution in [3.8, 4) is 11.5 Å². The summed E-state index contributed by atoms with van der Waals surface area (Å²) in [7, 11) is 3.04. The highest BCUT2D eigenvalue weighted by molar-refractivity contribution is 9.10. The number of anilines is 1. The van der Waals surface area contributed by atoms with Gasteiger partial charge in [0.25, 0.3) is 5.91 Å². The number of thiazole rings is 1. The van der Waals surface area contributed by atoms with Crippen LogP contribution in [0.25, 0.3) is 10.2 Å². The molecule has 1 amide bonds. The van der Waals surface area contributed by atoms with Gasteiger partial charge in [-0.15, -0.1) is 0 Å². The summed E-state index contributed by atoms with van der Waals surface area (Å²) in [6, 6.07) is 10.9. The Balaban J connectivity index is 1.91. The summed E-state index contributed by atoms with van der Waals surface area (Å²) in [6.45, 7) is 0. The first-order chi connectivity index (χ1) is 11.1. The second-order valence-electron chi connectivity index (χ2n) is 4.63. The molecule has 0 fully saturated rings. The maximum Gasteiger partial charge on any atom is 0.261 e. The summed E-state index contributed by atoms with van der Waals surface area (Å²) in [4.78, 5) is 16.9. The molecule has 0 radical (unpaired) electrons. The average molecular weight is 393 g/mol. The van der Waals surface area contributed by atoms with Crippen LogP contribution in [0.4, 0.5) is 5.13 Å². The van der Waals surface area contributed by atoms with Crippen LogP contribution in [0.5, 0.6) is 11.5 Å². The van der Waals surface area contributed by atoms with Crippen molar-refractivity contribution in [2.45, 2.75) is 0 Å². The zero-order valence-corrected chi connectivity index (χ0v) is 14.8. The number of hydrogen-bond donors (Lipinski definition) is 1. The van der Waals surface area contributed by atoms with Gasteiger partial charge in [0.1, 0.15) is 0 Å². The van der Waals surface area contributed by atoms with Crippen molar-refractivity contribution in [1.82, 2.24) is 4.98 Å². The number of benzene rings is 2. The maximum absolute atomic E-state index is 12.5. The van der Waals surface area contributed by atoms with Gasteiger partial charge in [-0.05, 0) is 30.3 Å². The largest absolute Gasteiger partial charge is 0.493 e. The minimum atomic E-state index is -0.293. The zero-order chi connectivity index (χ0) is 16.4. The Labute approximate surface area is 145 Å². The molecule has 5 nitrogen and oxygen atoms in total. The van der Waals surface area contributed by atoms with Crippen LogP contribution in [0.15, 0.2) is 40.9 Å². The van der Waals surface area contributed by atoms with Crippen molar-refractivity contribution in [3.05, 3.63) is 46.4 Å². The fourth-order valence-electron chi connectivity index (χ4n) is 2.18. The second-order valence-corrected chi connectivity index (χ2v) is 6.57. The van der Waals surface area contributed by atoms with E-state index in [-0.39, 0.29) is 5.91 Å². The molecule has 0 aliphatic rings. The molecule has 0 aliphatic carbocycles. The first-order valence-corrected chi connectivity index (χ1v) is 8.31. The molecule has 3 rings (SSSR count). The number of rotatable bonds is 4. The van der Waals surface area contributed by atoms with Crippen LogP contribution in [0.1, 0.15) is 10.4 Å². The van der Waals surface area contributed by atoms with Crippen molar-refractivity contribution in [3.63, 3.8) is 0 Å². The predicted octanol–water partition coefficient (Wildman–Crippen LogP) is 4.33. The van der Waals surface area contributed by atoms with E-state index in [0.29, 0.717) is 22.2 Å². The van der Waals surface area contributed by atoms with Gasteiger partial charge in [0.2, 0.25) is 0 Å². The van der Waals surface area contributed by atoms with Gasteiger partial charge in [-0.25, -0.2) is 4.98 Å². The normalized spacial score (nSPS) is 10.6. The molecule has 1 N–H and O–H groups in total. The van der Waals surface area contributed by atoms with Crippen LogP contribution in [0.2, 0.25) is 0 Å². The SMILES string of the molecule is COc1cccc(C(=O)Nc2nc3ccc(Br)cc3s2)c1OC. The van der Waals surface area contributed by atoms with Gasteiger partial charge >= 0.3 is 0 Å². The smallest absolute Gasteiger partial charge is 0.261 e. The molecule has 0 saturated heterocycles. The van der Waals surface area contributed by atoms with E-state index in [2.05, 4.69) is 26.2 Å². The van der Waals surface area contributed by atoms with Crippen LogP contribution < -0.4 is 14.8 Å². The highest BCUT2D eigenvalue weighted by Crippen LogP contribution is 2.32. The number of fused-ring (bicyclic) bond motifs is 1. The molecular weight excluding hydrogens is 380 g/mol. The first kappa shape index (κ1) is 15.8. The van der Waals surface area contributed by atoms with Crippen molar-refractivity contribution >= 4 is 48.5 Å². The molecule has 0 saturated carbocycles. The Morgan fingerprint density at radius 2 is 2.04 bits per heavy atom. The van der Waals surface area contributed by atoms with Crippen LogP contribution in [0, 0.1) is 0 Å². The second kappa shape index (κ2) is 6.55. The van der Waals surface area contributed by atoms with E-state index >= 15 is 0 Å². The van der Waals surface area contributed by atoms with E-state index in [0.717, 1.165) is 14.7 Å². The topological polar surface area (TPSA) is 60.5 Å². The zero-order valence-electron chi connectivity index (χ0n) is 12.4. The predicted molar refractivity (Wildman–Crippen MR) is 94.8 cm³/mol. The van der Waals surface area contributed by atoms with E-state index in [1.54, 1.807) is 18.2 Å². The Kier molecular flexibility index (Phi) is 4.49. The molecule has 23 heavy (non-hydrogen) atoms. The number of nitrogens with zero attached hydrogens (tertiary/aromatic N) is 1. The number of amides is 1. The van der Waals surface area contributed by atoms with Crippen LogP contribution in [0.3, 0.4) is 0 Å². The van der Waals surface area contributed by atoms with Crippen LogP contribution in [-0.2, 0) is 0 Å². The summed E-state index contributed by atoms with van der Waals surface area (Å²) >= 11 is 4.84. The van der Waals surface area contributed by atoms with Gasteiger partial charge in [-0.2, -0.15) is 0 Å². The molecule has 0 bridgehead atoms. The van der Waals surface area contributed by atoms with Gasteiger partial charge in [0.05, 0.1) is 30.0 Å². The van der Waals surface area contributed by atoms with Crippen molar-refractivity contribution in [2.75, 3.05) is 19.5 Å². The fraction of sp³-hybridized carbons (Fsp3) is 0.125. The lowest BCUT2D eigenvalue weighted by Crippen LogP contribution is -2.13. The number of hydrogen-bond acceptors (Lipinski definition) is 5. The van der Waals surface area contributed by atoms with Gasteiger partial charge in [-0.3, -0.25) is 10.1 Å². The molecule has 0 spiro atoms. The Morgan fingerprint density at radius 3 is 2.78 bits per heavy atom. The Hall–Kier alpha value is -2.12. The minimum Gasteiger partial charge on any atom is -0.493 e. The monoisotopic (exact) mass is 392 g/mol. The summed E-state index contributed by atoms with van der Waals surface area (Å²) in [5.41, 5.74) is 1.23. The van der Waals surface area contributed by atoms with Gasteiger partial charge in [0, 0.05) is 4.47 Å². The maximum atomic E-state index is 12.5. The standard InChI is InChI=1S/C16H13BrN2O3S/c1-21-12-5-3-4-10(14(12)22-2)15(20)19-16-18-11-7-6-9(17)8-13(11)23-16/h3-8H,1-2H3,(H,18,19,20). The summed E-state index contributed by atoms with van der Waals surface area (Å²) in [6.07, 6.45) is 0. The fourth-order valence-corrected chi connectivity index (χ4v) is 3.60. The molecule has 0 unspecified atom stereocenters. The van der Waals surface area contributed by atoms with Crippen molar-refractivity contribution < 1.29 is 14.3 Å². The summed E-state index contributed by atoms with van der Waals surface area (Å²) < 4.78 is 12.5. The quantitative estimate of drug-likeness (QED) is 0.717. The summed E-state index contributed by atoms with van der Waals surface area (Å²) in [5, 5.41) is 3.35. The van der Waals surface area contributed by atoms with E-state index in [1.165, 1.54) is 25.6 Å². The number of para-hydroxylation sites is 1. The van der Waals surface area contributed by atoms with Gasteiger partial charge in [-0.1, -0.05) is 33.3 Å². The minimum absolute atomic E-state index is 0.293. The number of ether oxygens (including phenoxy) is 2. The van der Waals surface area contributed by atoms with E-state index in [9.17, 15) is 4.79 Å². The number of methoxy groups -OCH3 is 2. The third-order valence-electron chi connectivity index (χ3n) is 3.22. The van der Waals surface area contributed by atoms with Crippen molar-refractivity contribution in [2.24, 2.45) is 0 Å².